The maximum atomic E-state index is 12.4. The Hall–Kier alpha value is -3.42. The molecular weight excluding hydrogens is 372 g/mol. The number of hydrogen-bond donors (Lipinski definition) is 0. The molecular formula is C20H17F2NO5. The number of ether oxygens (including phenoxy) is 4. The van der Waals surface area contributed by atoms with Gasteiger partial charge in [-0.1, -0.05) is 6.07 Å². The first kappa shape index (κ1) is 19.3. The Balaban J connectivity index is 1.84. The molecule has 146 valence electrons. The zero-order chi connectivity index (χ0) is 20.1. The van der Waals surface area contributed by atoms with Gasteiger partial charge in [-0.25, -0.2) is 9.79 Å². The van der Waals surface area contributed by atoms with Crippen LogP contribution in [0.15, 0.2) is 53.2 Å². The molecule has 0 atom stereocenters. The monoisotopic (exact) mass is 389 g/mol. The Kier molecular flexibility index (Phi) is 5.88. The lowest BCUT2D eigenvalue weighted by Crippen LogP contribution is -2.05. The molecule has 0 aliphatic carbocycles. The molecule has 0 saturated heterocycles. The largest absolute Gasteiger partial charge is 0.494 e. The number of halogens is 2. The second kappa shape index (κ2) is 8.51. The zero-order valence-corrected chi connectivity index (χ0v) is 15.1. The van der Waals surface area contributed by atoms with Gasteiger partial charge in [0.25, 0.3) is 0 Å². The highest BCUT2D eigenvalue weighted by molar-refractivity contribution is 6.12. The number of nitrogens with zero attached hydrogens (tertiary/aromatic N) is 1. The number of aliphatic imine (C=N–C) groups is 1. The summed E-state index contributed by atoms with van der Waals surface area (Å²) >= 11 is 0. The molecule has 0 spiro atoms. The predicted molar refractivity (Wildman–Crippen MR) is 97.8 cm³/mol. The highest BCUT2D eigenvalue weighted by atomic mass is 19.3. The van der Waals surface area contributed by atoms with Crippen molar-refractivity contribution in [1.82, 2.24) is 0 Å². The van der Waals surface area contributed by atoms with Crippen LogP contribution in [0.5, 0.6) is 17.2 Å². The van der Waals surface area contributed by atoms with E-state index in [1.165, 1.54) is 31.4 Å². The molecule has 2 aromatic rings. The van der Waals surface area contributed by atoms with Gasteiger partial charge in [0.15, 0.2) is 17.2 Å². The molecule has 8 heteroatoms. The molecule has 28 heavy (non-hydrogen) atoms. The normalized spacial score (nSPS) is 14.8. The van der Waals surface area contributed by atoms with E-state index in [2.05, 4.69) is 9.73 Å². The molecule has 0 saturated carbocycles. The predicted octanol–water partition coefficient (Wildman–Crippen LogP) is 4.04. The SMILES string of the molecule is CCOc1ccc(C2=N/C(=C\c3ccc(OC(F)F)c(OC)c3)C(=O)O2)cc1. The third-order valence-corrected chi connectivity index (χ3v) is 3.74. The number of alkyl halides is 2. The summed E-state index contributed by atoms with van der Waals surface area (Å²) in [4.78, 5) is 16.3. The second-order valence-electron chi connectivity index (χ2n) is 5.58. The summed E-state index contributed by atoms with van der Waals surface area (Å²) in [6.45, 7) is -0.536. The Bertz CT molecular complexity index is 923. The average Bonchev–Trinajstić information content (AvgIpc) is 3.04. The molecule has 0 unspecified atom stereocenters. The van der Waals surface area contributed by atoms with E-state index < -0.39 is 12.6 Å². The molecule has 0 bridgehead atoms. The summed E-state index contributed by atoms with van der Waals surface area (Å²) in [7, 11) is 1.33. The number of hydrogen-bond acceptors (Lipinski definition) is 6. The van der Waals surface area contributed by atoms with E-state index in [1.54, 1.807) is 24.3 Å². The van der Waals surface area contributed by atoms with E-state index in [4.69, 9.17) is 14.2 Å². The molecule has 0 amide bonds. The molecule has 0 radical (unpaired) electrons. The van der Waals surface area contributed by atoms with Crippen LogP contribution in [-0.4, -0.2) is 32.2 Å². The molecule has 2 aromatic carbocycles. The summed E-state index contributed by atoms with van der Waals surface area (Å²) in [5.41, 5.74) is 1.22. The van der Waals surface area contributed by atoms with Gasteiger partial charge in [-0.3, -0.25) is 0 Å². The minimum atomic E-state index is -2.97. The van der Waals surface area contributed by atoms with Gasteiger partial charge >= 0.3 is 12.6 Å². The Morgan fingerprint density at radius 1 is 1.14 bits per heavy atom. The Labute approximate surface area is 160 Å². The van der Waals surface area contributed by atoms with Crippen molar-refractivity contribution < 1.29 is 32.5 Å². The van der Waals surface area contributed by atoms with E-state index in [9.17, 15) is 13.6 Å². The Morgan fingerprint density at radius 3 is 2.54 bits per heavy atom. The third-order valence-electron chi connectivity index (χ3n) is 3.74. The van der Waals surface area contributed by atoms with Gasteiger partial charge in [-0.05, 0) is 55.0 Å². The fourth-order valence-corrected chi connectivity index (χ4v) is 2.52. The van der Waals surface area contributed by atoms with Crippen molar-refractivity contribution in [3.8, 4) is 17.2 Å². The lowest BCUT2D eigenvalue weighted by molar-refractivity contribution is -0.129. The molecule has 3 rings (SSSR count). The van der Waals surface area contributed by atoms with Crippen molar-refractivity contribution in [1.29, 1.82) is 0 Å². The van der Waals surface area contributed by atoms with E-state index >= 15 is 0 Å². The van der Waals surface area contributed by atoms with Crippen LogP contribution in [0.1, 0.15) is 18.1 Å². The van der Waals surface area contributed by atoms with Crippen molar-refractivity contribution in [2.24, 2.45) is 4.99 Å². The molecule has 0 aromatic heterocycles. The molecule has 6 nitrogen and oxygen atoms in total. The standard InChI is InChI=1S/C20H17F2NO5/c1-3-26-14-7-5-13(6-8-14)18-23-15(19(24)28-18)10-12-4-9-16(27-20(21)22)17(11-12)25-2/h4-11,20H,3H2,1-2H3/b15-10-. The first-order valence-corrected chi connectivity index (χ1v) is 8.38. The fraction of sp³-hybridized carbons (Fsp3) is 0.200. The van der Waals surface area contributed by atoms with E-state index in [1.807, 2.05) is 6.92 Å². The van der Waals surface area contributed by atoms with Crippen LogP contribution in [0.2, 0.25) is 0 Å². The molecule has 0 N–H and O–H groups in total. The minimum absolute atomic E-state index is 0.0773. The fourth-order valence-electron chi connectivity index (χ4n) is 2.52. The minimum Gasteiger partial charge on any atom is -0.494 e. The van der Waals surface area contributed by atoms with Crippen LogP contribution in [0, 0.1) is 0 Å². The summed E-state index contributed by atoms with van der Waals surface area (Å²) < 4.78 is 44.8. The van der Waals surface area contributed by atoms with Crippen LogP contribution in [0.3, 0.4) is 0 Å². The Morgan fingerprint density at radius 2 is 1.89 bits per heavy atom. The number of benzene rings is 2. The average molecular weight is 389 g/mol. The van der Waals surface area contributed by atoms with Crippen molar-refractivity contribution >= 4 is 17.9 Å². The van der Waals surface area contributed by atoms with Crippen LogP contribution in [0.4, 0.5) is 8.78 Å². The molecule has 1 aliphatic rings. The van der Waals surface area contributed by atoms with Gasteiger partial charge in [-0.2, -0.15) is 8.78 Å². The highest BCUT2D eigenvalue weighted by Gasteiger charge is 2.24. The molecule has 1 heterocycles. The van der Waals surface area contributed by atoms with Crippen molar-refractivity contribution in [2.75, 3.05) is 13.7 Å². The quantitative estimate of drug-likeness (QED) is 0.528. The van der Waals surface area contributed by atoms with E-state index in [0.29, 0.717) is 23.5 Å². The number of esters is 1. The van der Waals surface area contributed by atoms with Crippen molar-refractivity contribution in [3.63, 3.8) is 0 Å². The van der Waals surface area contributed by atoms with Gasteiger partial charge in [0, 0.05) is 5.56 Å². The number of rotatable bonds is 7. The second-order valence-corrected chi connectivity index (χ2v) is 5.58. The van der Waals surface area contributed by atoms with Crippen LogP contribution in [0.25, 0.3) is 6.08 Å². The van der Waals surface area contributed by atoms with Crippen LogP contribution in [-0.2, 0) is 9.53 Å². The third kappa shape index (κ3) is 4.46. The van der Waals surface area contributed by atoms with Gasteiger partial charge in [0.1, 0.15) is 5.75 Å². The summed E-state index contributed by atoms with van der Waals surface area (Å²) in [6.07, 6.45) is 1.47. The number of carbonyl (C=O) groups is 1. The van der Waals surface area contributed by atoms with E-state index in [0.717, 1.165) is 0 Å². The lowest BCUT2D eigenvalue weighted by atomic mass is 10.1. The van der Waals surface area contributed by atoms with Crippen LogP contribution >= 0.6 is 0 Å². The number of cyclic esters (lactones) is 1. The first-order chi connectivity index (χ1) is 13.5. The van der Waals surface area contributed by atoms with Crippen LogP contribution < -0.4 is 14.2 Å². The van der Waals surface area contributed by atoms with E-state index in [-0.39, 0.29) is 23.1 Å². The first-order valence-electron chi connectivity index (χ1n) is 8.38. The topological polar surface area (TPSA) is 66.3 Å². The van der Waals surface area contributed by atoms with Gasteiger partial charge in [-0.15, -0.1) is 0 Å². The summed E-state index contributed by atoms with van der Waals surface area (Å²) in [5, 5.41) is 0. The van der Waals surface area contributed by atoms with Crippen molar-refractivity contribution in [2.45, 2.75) is 13.5 Å². The molecule has 0 fully saturated rings. The number of methoxy groups -OCH3 is 1. The van der Waals surface area contributed by atoms with Crippen molar-refractivity contribution in [3.05, 3.63) is 59.3 Å². The molecule has 1 aliphatic heterocycles. The summed E-state index contributed by atoms with van der Waals surface area (Å²) in [5.74, 6) is 0.258. The number of carbonyl (C=O) groups excluding carboxylic acids is 1. The van der Waals surface area contributed by atoms with Gasteiger partial charge in [0.05, 0.1) is 13.7 Å². The highest BCUT2D eigenvalue weighted by Crippen LogP contribution is 2.31. The van der Waals surface area contributed by atoms with Gasteiger partial charge in [0.2, 0.25) is 5.90 Å². The van der Waals surface area contributed by atoms with Gasteiger partial charge < -0.3 is 18.9 Å². The maximum absolute atomic E-state index is 12.4. The zero-order valence-electron chi connectivity index (χ0n) is 15.1. The maximum Gasteiger partial charge on any atom is 0.387 e. The summed E-state index contributed by atoms with van der Waals surface area (Å²) in [6, 6.07) is 11.3. The lowest BCUT2D eigenvalue weighted by Gasteiger charge is -2.10. The smallest absolute Gasteiger partial charge is 0.387 e.